The molecule has 2 N–H and O–H groups in total. The first kappa shape index (κ1) is 17.9. The van der Waals surface area contributed by atoms with Crippen LogP contribution in [0.4, 0.5) is 0 Å². The molecule has 120 valence electrons. The van der Waals surface area contributed by atoms with E-state index in [-0.39, 0.29) is 12.1 Å². The largest absolute Gasteiger partial charge is 0.394 e. The second-order valence-corrected chi connectivity index (χ2v) is 7.16. The zero-order valence-corrected chi connectivity index (χ0v) is 14.2. The Morgan fingerprint density at radius 3 is 2.65 bits per heavy atom. The molecule has 1 aliphatic rings. The molecule has 0 aliphatic carbocycles. The first-order valence-electron chi connectivity index (χ1n) is 8.13. The summed E-state index contributed by atoms with van der Waals surface area (Å²) in [6, 6.07) is 1.15. The molecule has 0 aromatic carbocycles. The lowest BCUT2D eigenvalue weighted by molar-refractivity contribution is 0.147. The molecule has 0 bridgehead atoms. The predicted octanol–water partition coefficient (Wildman–Crippen LogP) is 1.54. The van der Waals surface area contributed by atoms with Crippen LogP contribution in [0.25, 0.3) is 0 Å². The van der Waals surface area contributed by atoms with E-state index < -0.39 is 0 Å². The Bertz CT molecular complexity index is 272. The van der Waals surface area contributed by atoms with Crippen LogP contribution in [0.5, 0.6) is 0 Å². The summed E-state index contributed by atoms with van der Waals surface area (Å²) in [5, 5.41) is 13.1. The van der Waals surface area contributed by atoms with Crippen molar-refractivity contribution in [2.75, 3.05) is 40.3 Å². The van der Waals surface area contributed by atoms with Crippen molar-refractivity contribution in [1.29, 1.82) is 0 Å². The first-order chi connectivity index (χ1) is 9.36. The van der Waals surface area contributed by atoms with Crippen LogP contribution in [-0.2, 0) is 0 Å². The molecule has 0 spiro atoms. The second kappa shape index (κ2) is 8.32. The van der Waals surface area contributed by atoms with Gasteiger partial charge in [-0.25, -0.2) is 0 Å². The molecular formula is C16H35N3O. The van der Waals surface area contributed by atoms with Gasteiger partial charge in [0.1, 0.15) is 0 Å². The Balaban J connectivity index is 2.24. The van der Waals surface area contributed by atoms with E-state index in [1.807, 2.05) is 0 Å². The average Bonchev–Trinajstić information content (AvgIpc) is 2.74. The molecule has 0 radical (unpaired) electrons. The van der Waals surface area contributed by atoms with Crippen LogP contribution in [-0.4, -0.2) is 72.9 Å². The Morgan fingerprint density at radius 2 is 2.15 bits per heavy atom. The van der Waals surface area contributed by atoms with Crippen LogP contribution in [0.15, 0.2) is 0 Å². The maximum absolute atomic E-state index is 9.58. The van der Waals surface area contributed by atoms with Gasteiger partial charge < -0.3 is 20.2 Å². The molecule has 20 heavy (non-hydrogen) atoms. The summed E-state index contributed by atoms with van der Waals surface area (Å²) in [5.74, 6) is 0. The highest BCUT2D eigenvalue weighted by molar-refractivity contribution is 4.84. The summed E-state index contributed by atoms with van der Waals surface area (Å²) >= 11 is 0. The molecule has 0 aromatic rings. The van der Waals surface area contributed by atoms with E-state index in [1.54, 1.807) is 0 Å². The van der Waals surface area contributed by atoms with Crippen LogP contribution >= 0.6 is 0 Å². The lowest BCUT2D eigenvalue weighted by Gasteiger charge is -2.32. The van der Waals surface area contributed by atoms with Crippen molar-refractivity contribution in [3.8, 4) is 0 Å². The van der Waals surface area contributed by atoms with Crippen molar-refractivity contribution in [1.82, 2.24) is 15.1 Å². The van der Waals surface area contributed by atoms with E-state index in [0.29, 0.717) is 6.04 Å². The molecule has 0 aromatic heterocycles. The van der Waals surface area contributed by atoms with E-state index in [1.165, 1.54) is 25.9 Å². The van der Waals surface area contributed by atoms with Gasteiger partial charge in [-0.1, -0.05) is 13.8 Å². The van der Waals surface area contributed by atoms with E-state index >= 15 is 0 Å². The SMILES string of the molecule is CC(C)NC(C)(CO)CCCN(C)CC1CCCN1C. The highest BCUT2D eigenvalue weighted by atomic mass is 16.3. The fourth-order valence-electron chi connectivity index (χ4n) is 3.29. The number of aliphatic hydroxyl groups is 1. The van der Waals surface area contributed by atoms with Gasteiger partial charge in [-0.3, -0.25) is 0 Å². The van der Waals surface area contributed by atoms with Crippen molar-refractivity contribution < 1.29 is 5.11 Å². The van der Waals surface area contributed by atoms with Gasteiger partial charge in [0.2, 0.25) is 0 Å². The van der Waals surface area contributed by atoms with Crippen LogP contribution in [0.2, 0.25) is 0 Å². The van der Waals surface area contributed by atoms with E-state index in [4.69, 9.17) is 0 Å². The van der Waals surface area contributed by atoms with Gasteiger partial charge in [0.05, 0.1) is 6.61 Å². The molecule has 1 saturated heterocycles. The molecule has 0 saturated carbocycles. The zero-order valence-electron chi connectivity index (χ0n) is 14.2. The number of nitrogens with zero attached hydrogens (tertiary/aromatic N) is 2. The van der Waals surface area contributed by atoms with Gasteiger partial charge in [0.15, 0.2) is 0 Å². The topological polar surface area (TPSA) is 38.7 Å². The zero-order chi connectivity index (χ0) is 15.2. The van der Waals surface area contributed by atoms with E-state index in [9.17, 15) is 5.11 Å². The van der Waals surface area contributed by atoms with Crippen LogP contribution in [0.3, 0.4) is 0 Å². The molecule has 4 nitrogen and oxygen atoms in total. The number of likely N-dealkylation sites (N-methyl/N-ethyl adjacent to an activating group) is 2. The number of hydrogen-bond acceptors (Lipinski definition) is 4. The molecule has 0 amide bonds. The number of nitrogens with one attached hydrogen (secondary N) is 1. The Kier molecular flexibility index (Phi) is 7.45. The summed E-state index contributed by atoms with van der Waals surface area (Å²) in [5.41, 5.74) is -0.140. The van der Waals surface area contributed by atoms with Crippen LogP contribution < -0.4 is 5.32 Å². The average molecular weight is 285 g/mol. The maximum Gasteiger partial charge on any atom is 0.0610 e. The van der Waals surface area contributed by atoms with Gasteiger partial charge in [0, 0.05) is 24.2 Å². The van der Waals surface area contributed by atoms with Crippen molar-refractivity contribution in [3.05, 3.63) is 0 Å². The molecule has 2 atom stereocenters. The quantitative estimate of drug-likeness (QED) is 0.674. The second-order valence-electron chi connectivity index (χ2n) is 7.16. The third-order valence-electron chi connectivity index (χ3n) is 4.45. The Hall–Kier alpha value is -0.160. The Labute approximate surface area is 125 Å². The minimum Gasteiger partial charge on any atom is -0.394 e. The fraction of sp³-hybridized carbons (Fsp3) is 1.00. The summed E-state index contributed by atoms with van der Waals surface area (Å²) in [6.07, 6.45) is 4.83. The number of rotatable bonds is 9. The van der Waals surface area contributed by atoms with E-state index in [0.717, 1.165) is 25.4 Å². The van der Waals surface area contributed by atoms with Crippen molar-refractivity contribution in [2.24, 2.45) is 0 Å². The highest BCUT2D eigenvalue weighted by Crippen LogP contribution is 2.17. The van der Waals surface area contributed by atoms with E-state index in [2.05, 4.69) is 50.0 Å². The first-order valence-corrected chi connectivity index (χ1v) is 8.13. The number of hydrogen-bond donors (Lipinski definition) is 2. The lowest BCUT2D eigenvalue weighted by atomic mass is 9.95. The molecule has 1 rings (SSSR count). The normalized spacial score (nSPS) is 23.7. The Morgan fingerprint density at radius 1 is 1.45 bits per heavy atom. The standard InChI is InChI=1S/C16H35N3O/c1-14(2)17-16(3,13-20)9-7-10-18(4)12-15-8-6-11-19(15)5/h14-15,17,20H,6-13H2,1-5H3. The van der Waals surface area contributed by atoms with Crippen molar-refractivity contribution in [3.63, 3.8) is 0 Å². The van der Waals surface area contributed by atoms with Crippen LogP contribution in [0.1, 0.15) is 46.5 Å². The van der Waals surface area contributed by atoms with Crippen LogP contribution in [0, 0.1) is 0 Å². The van der Waals surface area contributed by atoms with Crippen molar-refractivity contribution >= 4 is 0 Å². The molecule has 4 heteroatoms. The summed E-state index contributed by atoms with van der Waals surface area (Å²) in [7, 11) is 4.46. The molecule has 1 heterocycles. The van der Waals surface area contributed by atoms with Gasteiger partial charge in [-0.05, 0) is 59.8 Å². The van der Waals surface area contributed by atoms with Gasteiger partial charge in [-0.2, -0.15) is 0 Å². The summed E-state index contributed by atoms with van der Waals surface area (Å²) < 4.78 is 0. The highest BCUT2D eigenvalue weighted by Gasteiger charge is 2.24. The lowest BCUT2D eigenvalue weighted by Crippen LogP contribution is -2.49. The minimum atomic E-state index is -0.140. The third kappa shape index (κ3) is 6.08. The predicted molar refractivity (Wildman–Crippen MR) is 86.1 cm³/mol. The summed E-state index contributed by atoms with van der Waals surface area (Å²) in [6.45, 7) is 10.1. The van der Waals surface area contributed by atoms with Gasteiger partial charge in [0.25, 0.3) is 0 Å². The number of aliphatic hydroxyl groups excluding tert-OH is 1. The third-order valence-corrected chi connectivity index (χ3v) is 4.45. The molecule has 1 fully saturated rings. The number of likely N-dealkylation sites (tertiary alicyclic amines) is 1. The molecule has 1 aliphatic heterocycles. The van der Waals surface area contributed by atoms with Crippen molar-refractivity contribution in [2.45, 2.75) is 64.1 Å². The fourth-order valence-corrected chi connectivity index (χ4v) is 3.29. The minimum absolute atomic E-state index is 0.140. The molecular weight excluding hydrogens is 250 g/mol. The molecule has 2 unspecified atom stereocenters. The van der Waals surface area contributed by atoms with Gasteiger partial charge in [-0.15, -0.1) is 0 Å². The van der Waals surface area contributed by atoms with Gasteiger partial charge >= 0.3 is 0 Å². The smallest absolute Gasteiger partial charge is 0.0610 e. The summed E-state index contributed by atoms with van der Waals surface area (Å²) in [4.78, 5) is 4.92. The maximum atomic E-state index is 9.58. The monoisotopic (exact) mass is 285 g/mol.